The molecule has 9 rings (SSSR count). The van der Waals surface area contributed by atoms with Gasteiger partial charge in [0, 0.05) is 78.0 Å². The molecule has 1 fully saturated rings. The Kier molecular flexibility index (Phi) is 11.9. The van der Waals surface area contributed by atoms with Crippen molar-refractivity contribution in [2.45, 2.75) is 6.42 Å². The number of fused-ring (bicyclic) bond motifs is 6. The predicted octanol–water partition coefficient (Wildman–Crippen LogP) is 10.0. The number of aromatic nitrogens is 4. The van der Waals surface area contributed by atoms with E-state index in [1.165, 1.54) is 11.1 Å². The van der Waals surface area contributed by atoms with Gasteiger partial charge in [-0.25, -0.2) is 9.97 Å². The van der Waals surface area contributed by atoms with E-state index < -0.39 is 0 Å². The van der Waals surface area contributed by atoms with Crippen molar-refractivity contribution in [2.24, 2.45) is 0 Å². The summed E-state index contributed by atoms with van der Waals surface area (Å²) in [7, 11) is 6.32. The van der Waals surface area contributed by atoms with E-state index in [0.29, 0.717) is 10.2 Å². The number of H-pyrrole nitrogens is 2. The molecule has 5 heterocycles. The highest BCUT2D eigenvalue weighted by molar-refractivity contribution is 6.31. The molecule has 1 saturated heterocycles. The van der Waals surface area contributed by atoms with Gasteiger partial charge in [0.25, 0.3) is 0 Å². The molecular formula is C46H47Cl2N7O2. The molecule has 0 radical (unpaired) electrons. The zero-order chi connectivity index (χ0) is 39.3. The average molecular weight is 801 g/mol. The van der Waals surface area contributed by atoms with Crippen LogP contribution >= 0.6 is 23.2 Å². The fraction of sp³-hybridized carbons (Fsp3) is 0.261. The topological polar surface area (TPSA) is 85.5 Å². The van der Waals surface area contributed by atoms with Gasteiger partial charge < -0.3 is 29.2 Å². The molecule has 0 unspecified atom stereocenters. The van der Waals surface area contributed by atoms with Gasteiger partial charge in [-0.3, -0.25) is 4.90 Å². The summed E-state index contributed by atoms with van der Waals surface area (Å²) in [5.74, 6) is 1.82. The maximum atomic E-state index is 6.13. The van der Waals surface area contributed by atoms with E-state index >= 15 is 0 Å². The SMILES string of the molecule is CN(C)CCCOc1ccc(-c2ccc3[nH]c4ncc(Cl)cc4c3c2)cc1.CN1CCN(CCOc2ccc(-c3ccc4[nH]c5nc(Cl)ccc5c4c3)cc2)CC1. The monoisotopic (exact) mass is 799 g/mol. The number of hydrogen-bond acceptors (Lipinski definition) is 7. The number of likely N-dealkylation sites (N-methyl/N-ethyl adjacent to an activating group) is 1. The van der Waals surface area contributed by atoms with Gasteiger partial charge in [-0.05, 0) is 117 Å². The van der Waals surface area contributed by atoms with Crippen molar-refractivity contribution in [2.75, 3.05) is 73.6 Å². The largest absolute Gasteiger partial charge is 0.494 e. The van der Waals surface area contributed by atoms with E-state index in [-0.39, 0.29) is 0 Å². The Labute approximate surface area is 343 Å². The summed E-state index contributed by atoms with van der Waals surface area (Å²) in [6.07, 6.45) is 2.68. The van der Waals surface area contributed by atoms with E-state index in [9.17, 15) is 0 Å². The minimum absolute atomic E-state index is 0.498. The maximum absolute atomic E-state index is 6.13. The summed E-state index contributed by atoms with van der Waals surface area (Å²) < 4.78 is 11.8. The number of aromatic amines is 2. The van der Waals surface area contributed by atoms with Gasteiger partial charge in [0.1, 0.15) is 34.6 Å². The number of ether oxygens (including phenoxy) is 2. The first kappa shape index (κ1) is 38.7. The van der Waals surface area contributed by atoms with Crippen LogP contribution in [-0.4, -0.2) is 108 Å². The van der Waals surface area contributed by atoms with Crippen molar-refractivity contribution in [3.63, 3.8) is 0 Å². The molecule has 0 saturated carbocycles. The second-order valence-electron chi connectivity index (χ2n) is 14.9. The van der Waals surface area contributed by atoms with Gasteiger partial charge in [-0.15, -0.1) is 0 Å². The lowest BCUT2D eigenvalue weighted by molar-refractivity contribution is 0.134. The molecule has 1 aliphatic rings. The molecule has 11 heteroatoms. The third-order valence-electron chi connectivity index (χ3n) is 10.5. The van der Waals surface area contributed by atoms with Crippen molar-refractivity contribution < 1.29 is 9.47 Å². The van der Waals surface area contributed by atoms with Crippen LogP contribution in [0.3, 0.4) is 0 Å². The lowest BCUT2D eigenvalue weighted by Gasteiger charge is -2.32. The molecule has 0 spiro atoms. The normalized spacial score (nSPS) is 13.8. The van der Waals surface area contributed by atoms with Crippen molar-refractivity contribution in [1.29, 1.82) is 0 Å². The zero-order valence-electron chi connectivity index (χ0n) is 32.6. The Bertz CT molecular complexity index is 2600. The number of nitrogens with one attached hydrogen (secondary N) is 2. The molecular weight excluding hydrogens is 753 g/mol. The van der Waals surface area contributed by atoms with E-state index in [1.54, 1.807) is 6.20 Å². The molecule has 2 N–H and O–H groups in total. The Balaban J connectivity index is 0.000000161. The average Bonchev–Trinajstić information content (AvgIpc) is 3.77. The number of piperazine rings is 1. The van der Waals surface area contributed by atoms with E-state index in [2.05, 4.69) is 129 Å². The number of halogens is 2. The van der Waals surface area contributed by atoms with Crippen molar-refractivity contribution >= 4 is 67.1 Å². The van der Waals surface area contributed by atoms with Crippen molar-refractivity contribution in [3.8, 4) is 33.8 Å². The number of pyridine rings is 2. The molecule has 0 bridgehead atoms. The highest BCUT2D eigenvalue weighted by Gasteiger charge is 2.14. The van der Waals surface area contributed by atoms with Crippen LogP contribution in [0.2, 0.25) is 10.2 Å². The van der Waals surface area contributed by atoms with Crippen molar-refractivity contribution in [3.05, 3.63) is 120 Å². The fourth-order valence-electron chi connectivity index (χ4n) is 7.28. The molecule has 1 aliphatic heterocycles. The fourth-order valence-corrected chi connectivity index (χ4v) is 7.59. The number of rotatable bonds is 11. The number of hydrogen-bond donors (Lipinski definition) is 2. The predicted molar refractivity (Wildman–Crippen MR) is 236 cm³/mol. The summed E-state index contributed by atoms with van der Waals surface area (Å²) in [6, 6.07) is 35.2. The summed E-state index contributed by atoms with van der Waals surface area (Å²) in [5, 5.41) is 5.54. The molecule has 0 amide bonds. The molecule has 4 aromatic carbocycles. The molecule has 292 valence electrons. The highest BCUT2D eigenvalue weighted by atomic mass is 35.5. The first-order valence-corrected chi connectivity index (χ1v) is 20.2. The number of nitrogens with zero attached hydrogens (tertiary/aromatic N) is 5. The Morgan fingerprint density at radius 1 is 0.632 bits per heavy atom. The van der Waals surface area contributed by atoms with Gasteiger partial charge in [0.15, 0.2) is 0 Å². The van der Waals surface area contributed by atoms with Crippen LogP contribution < -0.4 is 9.47 Å². The van der Waals surface area contributed by atoms with Gasteiger partial charge in [0.05, 0.1) is 11.6 Å². The third-order valence-corrected chi connectivity index (χ3v) is 10.9. The Morgan fingerprint density at radius 3 is 1.84 bits per heavy atom. The summed E-state index contributed by atoms with van der Waals surface area (Å²) in [6.45, 7) is 7.98. The van der Waals surface area contributed by atoms with Crippen LogP contribution in [0.5, 0.6) is 11.5 Å². The van der Waals surface area contributed by atoms with Crippen LogP contribution in [0.25, 0.3) is 66.1 Å². The second-order valence-corrected chi connectivity index (χ2v) is 15.7. The molecule has 8 aromatic rings. The Morgan fingerprint density at radius 2 is 1.21 bits per heavy atom. The third kappa shape index (κ3) is 9.36. The van der Waals surface area contributed by atoms with Crippen molar-refractivity contribution in [1.82, 2.24) is 34.6 Å². The Hall–Kier alpha value is -5.16. The van der Waals surface area contributed by atoms with E-state index in [1.807, 2.05) is 30.3 Å². The minimum Gasteiger partial charge on any atom is -0.494 e. The summed E-state index contributed by atoms with van der Waals surface area (Å²) in [5.41, 5.74) is 8.44. The first-order chi connectivity index (χ1) is 27.8. The smallest absolute Gasteiger partial charge is 0.140 e. The summed E-state index contributed by atoms with van der Waals surface area (Å²) in [4.78, 5) is 22.4. The standard InChI is InChI=1S/C24H25ClN4O.C22H22ClN3O/c1-28-10-12-29(13-11-28)14-15-30-19-5-2-17(3-6-19)18-4-8-22-21(16-18)20-7-9-23(25)27-24(20)26-22;1-26(2)10-3-11-27-18-7-4-15(5-8-18)16-6-9-21-19(12-16)20-13-17(23)14-24-22(20)25-21/h2-9,16H,10-15H2,1H3,(H,26,27);4-9,12-14H,3,10-11H2,1-2H3,(H,24,25). The summed E-state index contributed by atoms with van der Waals surface area (Å²) >= 11 is 12.2. The highest BCUT2D eigenvalue weighted by Crippen LogP contribution is 2.33. The van der Waals surface area contributed by atoms with Crippen LogP contribution in [-0.2, 0) is 0 Å². The van der Waals surface area contributed by atoms with Gasteiger partial charge in [0.2, 0.25) is 0 Å². The first-order valence-electron chi connectivity index (χ1n) is 19.4. The maximum Gasteiger partial charge on any atom is 0.140 e. The quantitative estimate of drug-likeness (QED) is 0.0996. The minimum atomic E-state index is 0.498. The molecule has 0 aliphatic carbocycles. The molecule has 0 atom stereocenters. The van der Waals surface area contributed by atoms with Gasteiger partial charge in [-0.2, -0.15) is 0 Å². The van der Waals surface area contributed by atoms with Crippen LogP contribution in [0.1, 0.15) is 6.42 Å². The van der Waals surface area contributed by atoms with Gasteiger partial charge in [-0.1, -0.05) is 59.6 Å². The number of benzene rings is 4. The lowest BCUT2D eigenvalue weighted by atomic mass is 10.0. The van der Waals surface area contributed by atoms with E-state index in [4.69, 9.17) is 32.7 Å². The van der Waals surface area contributed by atoms with Gasteiger partial charge >= 0.3 is 0 Å². The molecule has 4 aromatic heterocycles. The second kappa shape index (κ2) is 17.5. The van der Waals surface area contributed by atoms with Crippen LogP contribution in [0.4, 0.5) is 0 Å². The lowest BCUT2D eigenvalue weighted by Crippen LogP contribution is -2.45. The van der Waals surface area contributed by atoms with Crippen LogP contribution in [0.15, 0.2) is 109 Å². The molecule has 9 nitrogen and oxygen atoms in total. The molecule has 57 heavy (non-hydrogen) atoms. The zero-order valence-corrected chi connectivity index (χ0v) is 34.1. The van der Waals surface area contributed by atoms with Crippen LogP contribution in [0, 0.1) is 0 Å². The van der Waals surface area contributed by atoms with E-state index in [0.717, 1.165) is 125 Å².